The molecule has 1 aliphatic carbocycles. The zero-order valence-electron chi connectivity index (χ0n) is 13.6. The fourth-order valence-corrected chi connectivity index (χ4v) is 3.59. The first-order valence-electron chi connectivity index (χ1n) is 8.21. The lowest BCUT2D eigenvalue weighted by Gasteiger charge is -2.25. The molecule has 2 amide bonds. The molecule has 1 aliphatic heterocycles. The summed E-state index contributed by atoms with van der Waals surface area (Å²) in [4.78, 5) is 25.5. The van der Waals surface area contributed by atoms with Crippen LogP contribution in [0.15, 0.2) is 12.1 Å². The van der Waals surface area contributed by atoms with Crippen molar-refractivity contribution in [2.45, 2.75) is 24.4 Å². The summed E-state index contributed by atoms with van der Waals surface area (Å²) in [5, 5.41) is 6.72. The van der Waals surface area contributed by atoms with E-state index in [4.69, 9.17) is 11.6 Å². The van der Waals surface area contributed by atoms with Crippen LogP contribution in [0.1, 0.15) is 40.5 Å². The molecule has 3 heterocycles. The number of carbonyl (C=O) groups is 2. The molecule has 1 atom stereocenters. The van der Waals surface area contributed by atoms with Gasteiger partial charge in [-0.25, -0.2) is 4.52 Å². The molecule has 138 valence electrons. The number of aromatic nitrogens is 2. The summed E-state index contributed by atoms with van der Waals surface area (Å²) in [5.41, 5.74) is -2.63. The first-order valence-corrected chi connectivity index (χ1v) is 9.16. The highest BCUT2D eigenvalue weighted by Gasteiger charge is 2.35. The summed E-state index contributed by atoms with van der Waals surface area (Å²) in [7, 11) is 1.50. The van der Waals surface area contributed by atoms with E-state index in [1.54, 1.807) is 6.07 Å². The monoisotopic (exact) mass is 400 g/mol. The summed E-state index contributed by atoms with van der Waals surface area (Å²) in [6, 6.07) is 3.14. The minimum absolute atomic E-state index is 0.0268. The molecule has 2 fully saturated rings. The van der Waals surface area contributed by atoms with E-state index < -0.39 is 11.6 Å². The second-order valence-electron chi connectivity index (χ2n) is 6.61. The van der Waals surface area contributed by atoms with Gasteiger partial charge >= 0.3 is 0 Å². The van der Waals surface area contributed by atoms with E-state index in [1.807, 2.05) is 0 Å². The molecule has 1 saturated carbocycles. The topological polar surface area (TPSA) is 66.7 Å². The van der Waals surface area contributed by atoms with Crippen molar-refractivity contribution in [3.8, 4) is 0 Å². The SMILES string of the molecule is O=C1CN(C(=O)c2nn3c(C(F)(F)P)cc(C4CC4)cc3c2Cl)CCN1. The van der Waals surface area contributed by atoms with Crippen LogP contribution in [0, 0.1) is 0 Å². The second kappa shape index (κ2) is 6.13. The Morgan fingerprint density at radius 1 is 1.38 bits per heavy atom. The zero-order chi connectivity index (χ0) is 18.6. The maximum absolute atomic E-state index is 14.1. The molecule has 10 heteroatoms. The highest BCUT2D eigenvalue weighted by Crippen LogP contribution is 2.44. The highest BCUT2D eigenvalue weighted by molar-refractivity contribution is 7.17. The molecule has 0 bridgehead atoms. The largest absolute Gasteiger partial charge is 0.353 e. The third-order valence-electron chi connectivity index (χ3n) is 4.61. The Morgan fingerprint density at radius 2 is 2.12 bits per heavy atom. The molecule has 1 saturated heterocycles. The maximum atomic E-state index is 14.1. The molecular weight excluding hydrogens is 385 g/mol. The predicted molar refractivity (Wildman–Crippen MR) is 94.7 cm³/mol. The van der Waals surface area contributed by atoms with Crippen LogP contribution in [-0.4, -0.2) is 46.0 Å². The number of hydrogen-bond donors (Lipinski definition) is 1. The number of piperazine rings is 1. The van der Waals surface area contributed by atoms with Crippen LogP contribution in [0.3, 0.4) is 0 Å². The van der Waals surface area contributed by atoms with Gasteiger partial charge in [0, 0.05) is 13.1 Å². The van der Waals surface area contributed by atoms with E-state index in [2.05, 4.69) is 10.4 Å². The number of pyridine rings is 1. The van der Waals surface area contributed by atoms with Gasteiger partial charge in [-0.3, -0.25) is 9.59 Å². The molecule has 6 nitrogen and oxygen atoms in total. The van der Waals surface area contributed by atoms with Gasteiger partial charge in [0.15, 0.2) is 5.69 Å². The molecule has 1 N–H and O–H groups in total. The van der Waals surface area contributed by atoms with Crippen LogP contribution in [0.4, 0.5) is 8.78 Å². The number of amides is 2. The van der Waals surface area contributed by atoms with Gasteiger partial charge in [-0.2, -0.15) is 13.9 Å². The molecule has 1 unspecified atom stereocenters. The lowest BCUT2D eigenvalue weighted by molar-refractivity contribution is -0.123. The van der Waals surface area contributed by atoms with Gasteiger partial charge < -0.3 is 10.2 Å². The number of carbonyl (C=O) groups excluding carboxylic acids is 2. The molecule has 2 aliphatic rings. The normalized spacial score (nSPS) is 18.3. The lowest BCUT2D eigenvalue weighted by atomic mass is 10.1. The molecular formula is C16H16ClF2N4O2P. The van der Waals surface area contributed by atoms with E-state index in [0.29, 0.717) is 13.1 Å². The Balaban J connectivity index is 1.83. The van der Waals surface area contributed by atoms with Crippen LogP contribution in [-0.2, 0) is 10.5 Å². The average Bonchev–Trinajstić information content (AvgIpc) is 3.37. The lowest BCUT2D eigenvalue weighted by Crippen LogP contribution is -2.50. The molecule has 0 spiro atoms. The number of alkyl halides is 2. The average molecular weight is 401 g/mol. The molecule has 2 aromatic heterocycles. The molecule has 0 aromatic carbocycles. The molecule has 4 rings (SSSR count). The number of fused-ring (bicyclic) bond motifs is 1. The van der Waals surface area contributed by atoms with Crippen LogP contribution in [0.5, 0.6) is 0 Å². The van der Waals surface area contributed by atoms with E-state index >= 15 is 0 Å². The Bertz CT molecular complexity index is 923. The predicted octanol–water partition coefficient (Wildman–Crippen LogP) is 2.36. The van der Waals surface area contributed by atoms with Crippen molar-refractivity contribution < 1.29 is 18.4 Å². The van der Waals surface area contributed by atoms with Crippen LogP contribution >= 0.6 is 20.8 Å². The Morgan fingerprint density at radius 3 is 2.73 bits per heavy atom. The second-order valence-corrected chi connectivity index (χ2v) is 7.71. The van der Waals surface area contributed by atoms with Gasteiger partial charge in [0.2, 0.25) is 5.91 Å². The van der Waals surface area contributed by atoms with Crippen molar-refractivity contribution in [2.75, 3.05) is 19.6 Å². The number of hydrogen-bond acceptors (Lipinski definition) is 3. The quantitative estimate of drug-likeness (QED) is 0.804. The van der Waals surface area contributed by atoms with Gasteiger partial charge in [-0.05, 0) is 36.5 Å². The highest BCUT2D eigenvalue weighted by atomic mass is 35.5. The number of rotatable bonds is 3. The van der Waals surface area contributed by atoms with Crippen molar-refractivity contribution in [1.82, 2.24) is 19.8 Å². The smallest absolute Gasteiger partial charge is 0.300 e. The number of nitrogens with one attached hydrogen (secondary N) is 1. The Labute approximate surface area is 155 Å². The first-order chi connectivity index (χ1) is 12.3. The van der Waals surface area contributed by atoms with E-state index in [1.165, 1.54) is 20.2 Å². The van der Waals surface area contributed by atoms with E-state index in [0.717, 1.165) is 22.9 Å². The Kier molecular flexibility index (Phi) is 4.15. The van der Waals surface area contributed by atoms with Crippen LogP contribution in [0.25, 0.3) is 5.52 Å². The van der Waals surface area contributed by atoms with E-state index in [-0.39, 0.29) is 40.3 Å². The van der Waals surface area contributed by atoms with Gasteiger partial charge in [-0.15, -0.1) is 0 Å². The summed E-state index contributed by atoms with van der Waals surface area (Å²) >= 11 is 6.34. The fourth-order valence-electron chi connectivity index (χ4n) is 3.13. The third kappa shape index (κ3) is 3.05. The summed E-state index contributed by atoms with van der Waals surface area (Å²) < 4.78 is 29.2. The van der Waals surface area contributed by atoms with Crippen molar-refractivity contribution >= 4 is 38.2 Å². The van der Waals surface area contributed by atoms with Crippen LogP contribution in [0.2, 0.25) is 5.02 Å². The zero-order valence-corrected chi connectivity index (χ0v) is 15.5. The maximum Gasteiger partial charge on any atom is 0.300 e. The molecule has 2 aromatic rings. The number of nitrogens with zero attached hydrogens (tertiary/aromatic N) is 3. The van der Waals surface area contributed by atoms with Gasteiger partial charge in [0.05, 0.1) is 17.1 Å². The summed E-state index contributed by atoms with van der Waals surface area (Å²) in [5.74, 6) is -0.584. The van der Waals surface area contributed by atoms with Crippen molar-refractivity contribution in [2.24, 2.45) is 0 Å². The summed E-state index contributed by atoms with van der Waals surface area (Å²) in [6.45, 7) is 0.536. The van der Waals surface area contributed by atoms with E-state index in [9.17, 15) is 18.4 Å². The molecule has 26 heavy (non-hydrogen) atoms. The standard InChI is InChI=1S/C16H16ClF2N4O2P/c17-13-10-5-9(8-1-2-8)6-11(16(18,19)26)23(10)21-14(13)15(25)22-4-3-20-12(24)7-22/h5-6,8H,1-4,7,26H2,(H,20,24). The van der Waals surface area contributed by atoms with Crippen LogP contribution < -0.4 is 5.32 Å². The first kappa shape index (κ1) is 17.6. The van der Waals surface area contributed by atoms with Gasteiger partial charge in [-0.1, -0.05) is 20.8 Å². The van der Waals surface area contributed by atoms with Crippen molar-refractivity contribution in [3.63, 3.8) is 0 Å². The minimum Gasteiger partial charge on any atom is -0.353 e. The van der Waals surface area contributed by atoms with Crippen molar-refractivity contribution in [1.29, 1.82) is 0 Å². The Hall–Kier alpha value is -1.79. The summed E-state index contributed by atoms with van der Waals surface area (Å²) in [6.07, 6.45) is 1.89. The van der Waals surface area contributed by atoms with Gasteiger partial charge in [0.25, 0.3) is 11.6 Å². The minimum atomic E-state index is -3.22. The molecule has 0 radical (unpaired) electrons. The fraction of sp³-hybridized carbons (Fsp3) is 0.438. The third-order valence-corrected chi connectivity index (χ3v) is 5.28. The number of halogens is 3. The van der Waals surface area contributed by atoms with Crippen molar-refractivity contribution in [3.05, 3.63) is 34.1 Å². The van der Waals surface area contributed by atoms with Gasteiger partial charge in [0.1, 0.15) is 5.69 Å².